The second-order valence-electron chi connectivity index (χ2n) is 4.58. The third-order valence-electron chi connectivity index (χ3n) is 2.94. The zero-order chi connectivity index (χ0) is 15.2. The molecule has 2 rings (SSSR count). The molecule has 3 nitrogen and oxygen atoms in total. The van der Waals surface area contributed by atoms with E-state index in [1.165, 1.54) is 3.57 Å². The van der Waals surface area contributed by atoms with Gasteiger partial charge in [-0.15, -0.1) is 0 Å². The van der Waals surface area contributed by atoms with Crippen molar-refractivity contribution in [3.05, 3.63) is 68.8 Å². The molecule has 0 fully saturated rings. The van der Waals surface area contributed by atoms with Gasteiger partial charge in [0.2, 0.25) is 0 Å². The first-order valence-electron chi connectivity index (χ1n) is 6.44. The van der Waals surface area contributed by atoms with Gasteiger partial charge >= 0.3 is 5.97 Å². The lowest BCUT2D eigenvalue weighted by Crippen LogP contribution is -1.99. The highest BCUT2D eigenvalue weighted by Gasteiger charge is 2.05. The van der Waals surface area contributed by atoms with Gasteiger partial charge in [-0.05, 0) is 58.9 Å². The number of hydrogen-bond donors (Lipinski definition) is 1. The third-order valence-corrected chi connectivity index (χ3v) is 3.66. The predicted molar refractivity (Wildman–Crippen MR) is 91.3 cm³/mol. The zero-order valence-electron chi connectivity index (χ0n) is 11.5. The van der Waals surface area contributed by atoms with Gasteiger partial charge in [0.05, 0.1) is 0 Å². The van der Waals surface area contributed by atoms with Gasteiger partial charge in [-0.3, -0.25) is 0 Å². The Morgan fingerprint density at radius 3 is 2.62 bits per heavy atom. The summed E-state index contributed by atoms with van der Waals surface area (Å²) < 4.78 is 7.06. The summed E-state index contributed by atoms with van der Waals surface area (Å²) in [5, 5.41) is 8.74. The van der Waals surface area contributed by atoms with Crippen LogP contribution in [0.15, 0.2) is 48.5 Å². The molecular weight excluding hydrogens is 379 g/mol. The van der Waals surface area contributed by atoms with Crippen LogP contribution in [0.5, 0.6) is 5.75 Å². The number of carbonyl (C=O) groups is 1. The van der Waals surface area contributed by atoms with Crippen LogP contribution in [0, 0.1) is 10.5 Å². The predicted octanol–water partition coefficient (Wildman–Crippen LogP) is 4.28. The minimum Gasteiger partial charge on any atom is -0.488 e. The largest absolute Gasteiger partial charge is 0.488 e. The van der Waals surface area contributed by atoms with Crippen molar-refractivity contribution in [2.75, 3.05) is 0 Å². The monoisotopic (exact) mass is 394 g/mol. The number of aryl methyl sites for hydroxylation is 1. The van der Waals surface area contributed by atoms with Crippen LogP contribution < -0.4 is 4.74 Å². The van der Waals surface area contributed by atoms with Crippen LogP contribution in [0.25, 0.3) is 6.08 Å². The summed E-state index contributed by atoms with van der Waals surface area (Å²) in [6.07, 6.45) is 2.67. The first-order valence-corrected chi connectivity index (χ1v) is 7.52. The smallest absolute Gasteiger partial charge is 0.328 e. The van der Waals surface area contributed by atoms with Crippen molar-refractivity contribution in [2.24, 2.45) is 0 Å². The highest BCUT2D eigenvalue weighted by molar-refractivity contribution is 14.1. The van der Waals surface area contributed by atoms with Gasteiger partial charge in [-0.25, -0.2) is 4.79 Å². The average molecular weight is 394 g/mol. The molecule has 0 bridgehead atoms. The SMILES string of the molecule is Cc1cccc(/C=C/C(=O)O)c1OCc1ccc(I)cc1. The molecule has 0 aromatic heterocycles. The fourth-order valence-electron chi connectivity index (χ4n) is 1.90. The van der Waals surface area contributed by atoms with Crippen LogP contribution in [-0.4, -0.2) is 11.1 Å². The Bertz CT molecular complexity index is 660. The van der Waals surface area contributed by atoms with E-state index in [0.29, 0.717) is 12.4 Å². The molecule has 0 saturated heterocycles. The van der Waals surface area contributed by atoms with E-state index >= 15 is 0 Å². The molecule has 1 N–H and O–H groups in total. The van der Waals surface area contributed by atoms with Crippen molar-refractivity contribution in [3.8, 4) is 5.75 Å². The minimum atomic E-state index is -0.972. The van der Waals surface area contributed by atoms with E-state index in [4.69, 9.17) is 9.84 Å². The molecule has 0 radical (unpaired) electrons. The second kappa shape index (κ2) is 7.26. The quantitative estimate of drug-likeness (QED) is 0.609. The Morgan fingerprint density at radius 2 is 1.95 bits per heavy atom. The van der Waals surface area contributed by atoms with E-state index in [-0.39, 0.29) is 0 Å². The third kappa shape index (κ3) is 4.60. The molecule has 0 amide bonds. The Balaban J connectivity index is 2.18. The molecule has 0 saturated carbocycles. The molecule has 0 aliphatic rings. The summed E-state index contributed by atoms with van der Waals surface area (Å²) in [7, 11) is 0. The van der Waals surface area contributed by atoms with Gasteiger partial charge in [0.25, 0.3) is 0 Å². The van der Waals surface area contributed by atoms with E-state index in [1.807, 2.05) is 49.4 Å². The molecular formula is C17H15IO3. The van der Waals surface area contributed by atoms with Gasteiger partial charge in [-0.2, -0.15) is 0 Å². The van der Waals surface area contributed by atoms with Crippen molar-refractivity contribution in [1.29, 1.82) is 0 Å². The van der Waals surface area contributed by atoms with Gasteiger partial charge in [-0.1, -0.05) is 30.3 Å². The average Bonchev–Trinajstić information content (AvgIpc) is 2.46. The minimum absolute atomic E-state index is 0.454. The highest BCUT2D eigenvalue weighted by atomic mass is 127. The van der Waals surface area contributed by atoms with Crippen LogP contribution in [0.2, 0.25) is 0 Å². The molecule has 21 heavy (non-hydrogen) atoms. The zero-order valence-corrected chi connectivity index (χ0v) is 13.7. The summed E-state index contributed by atoms with van der Waals surface area (Å²) in [6, 6.07) is 13.8. The summed E-state index contributed by atoms with van der Waals surface area (Å²) in [5.41, 5.74) is 2.82. The highest BCUT2D eigenvalue weighted by Crippen LogP contribution is 2.25. The number of carboxylic acid groups (broad SMARTS) is 1. The molecule has 108 valence electrons. The molecule has 0 heterocycles. The molecule has 0 aliphatic heterocycles. The number of rotatable bonds is 5. The first kappa shape index (κ1) is 15.6. The Kier molecular flexibility index (Phi) is 5.38. The lowest BCUT2D eigenvalue weighted by Gasteiger charge is -2.12. The van der Waals surface area contributed by atoms with Crippen LogP contribution in [0.1, 0.15) is 16.7 Å². The number of halogens is 1. The number of carboxylic acids is 1. The molecule has 2 aromatic rings. The Hall–Kier alpha value is -1.82. The fourth-order valence-corrected chi connectivity index (χ4v) is 2.26. The lowest BCUT2D eigenvalue weighted by molar-refractivity contribution is -0.131. The van der Waals surface area contributed by atoms with E-state index in [2.05, 4.69) is 22.6 Å². The summed E-state index contributed by atoms with van der Waals surface area (Å²) in [4.78, 5) is 10.7. The summed E-state index contributed by atoms with van der Waals surface area (Å²) >= 11 is 2.26. The van der Waals surface area contributed by atoms with E-state index < -0.39 is 5.97 Å². The topological polar surface area (TPSA) is 46.5 Å². The molecule has 0 unspecified atom stereocenters. The van der Waals surface area contributed by atoms with Gasteiger partial charge < -0.3 is 9.84 Å². The van der Waals surface area contributed by atoms with Gasteiger partial charge in [0, 0.05) is 15.2 Å². The number of hydrogen-bond acceptors (Lipinski definition) is 2. The molecule has 0 atom stereocenters. The molecule has 0 spiro atoms. The van der Waals surface area contributed by atoms with Crippen molar-refractivity contribution in [1.82, 2.24) is 0 Å². The summed E-state index contributed by atoms with van der Waals surface area (Å²) in [6.45, 7) is 2.40. The van der Waals surface area contributed by atoms with E-state index in [9.17, 15) is 4.79 Å². The maximum Gasteiger partial charge on any atom is 0.328 e. The van der Waals surface area contributed by atoms with Crippen LogP contribution in [0.4, 0.5) is 0 Å². The second-order valence-corrected chi connectivity index (χ2v) is 5.83. The van der Waals surface area contributed by atoms with Crippen LogP contribution >= 0.6 is 22.6 Å². The van der Waals surface area contributed by atoms with Crippen molar-refractivity contribution in [3.63, 3.8) is 0 Å². The number of ether oxygens (including phenoxy) is 1. The number of benzene rings is 2. The summed E-state index contributed by atoms with van der Waals surface area (Å²) in [5.74, 6) is -0.256. The lowest BCUT2D eigenvalue weighted by atomic mass is 10.1. The maximum atomic E-state index is 10.7. The fraction of sp³-hybridized carbons (Fsp3) is 0.118. The molecule has 2 aromatic carbocycles. The Morgan fingerprint density at radius 1 is 1.24 bits per heavy atom. The molecule has 0 aliphatic carbocycles. The van der Waals surface area contributed by atoms with E-state index in [1.54, 1.807) is 6.08 Å². The van der Waals surface area contributed by atoms with Gasteiger partial charge in [0.1, 0.15) is 12.4 Å². The normalized spacial score (nSPS) is 10.8. The van der Waals surface area contributed by atoms with Crippen molar-refractivity contribution >= 4 is 34.6 Å². The number of para-hydroxylation sites is 1. The van der Waals surface area contributed by atoms with Crippen molar-refractivity contribution in [2.45, 2.75) is 13.5 Å². The Labute approximate surface area is 137 Å². The number of aliphatic carboxylic acids is 1. The first-order chi connectivity index (χ1) is 10.1. The molecule has 4 heteroatoms. The van der Waals surface area contributed by atoms with Crippen LogP contribution in [-0.2, 0) is 11.4 Å². The van der Waals surface area contributed by atoms with Gasteiger partial charge in [0.15, 0.2) is 0 Å². The standard InChI is InChI=1S/C17H15IO3/c1-12-3-2-4-14(7-10-16(19)20)17(12)21-11-13-5-8-15(18)9-6-13/h2-10H,11H2,1H3,(H,19,20)/b10-7+. The van der Waals surface area contributed by atoms with Crippen LogP contribution in [0.3, 0.4) is 0 Å². The maximum absolute atomic E-state index is 10.7. The van der Waals surface area contributed by atoms with E-state index in [0.717, 1.165) is 22.8 Å². The van der Waals surface area contributed by atoms with Crippen molar-refractivity contribution < 1.29 is 14.6 Å².